The van der Waals surface area contributed by atoms with Crippen LogP contribution in [0.2, 0.25) is 0 Å². The highest BCUT2D eigenvalue weighted by Crippen LogP contribution is 2.22. The van der Waals surface area contributed by atoms with E-state index in [1.165, 1.54) is 37.1 Å². The van der Waals surface area contributed by atoms with Crippen LogP contribution in [0.5, 0.6) is 0 Å². The normalized spacial score (nSPS) is 12.2. The van der Waals surface area contributed by atoms with Crippen LogP contribution in [0.1, 0.15) is 25.3 Å². The molecule has 1 atom stereocenters. The van der Waals surface area contributed by atoms with Gasteiger partial charge >= 0.3 is 0 Å². The second-order valence-corrected chi connectivity index (χ2v) is 9.35. The van der Waals surface area contributed by atoms with E-state index in [-0.39, 0.29) is 37.2 Å². The summed E-state index contributed by atoms with van der Waals surface area (Å²) in [6.07, 6.45) is 0.777. The van der Waals surface area contributed by atoms with Crippen molar-refractivity contribution in [1.82, 2.24) is 10.2 Å². The van der Waals surface area contributed by atoms with Crippen molar-refractivity contribution in [2.24, 2.45) is 0 Å². The minimum absolute atomic E-state index is 0.0269. The molecule has 2 rings (SSSR count). The third kappa shape index (κ3) is 6.95. The average molecular weight is 486 g/mol. The van der Waals surface area contributed by atoms with Crippen molar-refractivity contribution in [3.8, 4) is 0 Å². The SMILES string of the molecule is CNC(=O)[C@H](C)N(Cc1ccccc1F)C(=O)CCCN(c1ccc(F)c(F)c1)S(C)(=O)=O. The number of carbonyl (C=O) groups is 2. The number of benzene rings is 2. The van der Waals surface area contributed by atoms with E-state index in [0.29, 0.717) is 0 Å². The monoisotopic (exact) mass is 485 g/mol. The van der Waals surface area contributed by atoms with Crippen molar-refractivity contribution in [2.75, 3.05) is 24.2 Å². The first-order chi connectivity index (χ1) is 15.5. The molecule has 2 aromatic rings. The second kappa shape index (κ2) is 11.2. The van der Waals surface area contributed by atoms with Gasteiger partial charge in [0.2, 0.25) is 21.8 Å². The standard InChI is InChI=1S/C22H26F3N3O4S/c1-15(22(30)26-2)27(14-16-7-4-5-8-18(16)23)21(29)9-6-12-28(33(3,31)32)17-10-11-19(24)20(25)13-17/h4-5,7-8,10-11,13,15H,6,9,12,14H2,1-3H3,(H,26,30)/t15-/m0/s1. The molecule has 0 aliphatic heterocycles. The van der Waals surface area contributed by atoms with Crippen molar-refractivity contribution in [3.05, 3.63) is 65.5 Å². The fraction of sp³-hybridized carbons (Fsp3) is 0.364. The zero-order valence-electron chi connectivity index (χ0n) is 18.5. The summed E-state index contributed by atoms with van der Waals surface area (Å²) in [7, 11) is -2.43. The first kappa shape index (κ1) is 26.2. The predicted molar refractivity (Wildman–Crippen MR) is 118 cm³/mol. The highest BCUT2D eigenvalue weighted by molar-refractivity contribution is 7.92. The number of hydrogen-bond acceptors (Lipinski definition) is 4. The lowest BCUT2D eigenvalue weighted by Crippen LogP contribution is -2.47. The Kier molecular flexibility index (Phi) is 8.86. The summed E-state index contributed by atoms with van der Waals surface area (Å²) in [6.45, 7) is 1.16. The molecule has 11 heteroatoms. The number of hydrogen-bond donors (Lipinski definition) is 1. The Labute approximate surface area is 191 Å². The quantitative estimate of drug-likeness (QED) is 0.561. The lowest BCUT2D eigenvalue weighted by atomic mass is 10.1. The van der Waals surface area contributed by atoms with E-state index in [9.17, 15) is 31.2 Å². The Morgan fingerprint density at radius 1 is 1.03 bits per heavy atom. The lowest BCUT2D eigenvalue weighted by Gasteiger charge is -2.29. The molecule has 0 fully saturated rings. The zero-order valence-corrected chi connectivity index (χ0v) is 19.3. The molecule has 0 saturated heterocycles. The van der Waals surface area contributed by atoms with Gasteiger partial charge in [0.25, 0.3) is 0 Å². The minimum atomic E-state index is -3.85. The predicted octanol–water partition coefficient (Wildman–Crippen LogP) is 2.81. The number of nitrogens with one attached hydrogen (secondary N) is 1. The maximum atomic E-state index is 14.1. The van der Waals surface area contributed by atoms with Gasteiger partial charge in [-0.3, -0.25) is 13.9 Å². The van der Waals surface area contributed by atoms with Crippen molar-refractivity contribution in [1.29, 1.82) is 0 Å². The van der Waals surface area contributed by atoms with Gasteiger partial charge < -0.3 is 10.2 Å². The van der Waals surface area contributed by atoms with Crippen LogP contribution in [0.4, 0.5) is 18.9 Å². The molecule has 2 amide bonds. The molecule has 0 radical (unpaired) electrons. The van der Waals surface area contributed by atoms with E-state index in [2.05, 4.69) is 5.32 Å². The molecule has 0 unspecified atom stereocenters. The van der Waals surface area contributed by atoms with E-state index >= 15 is 0 Å². The van der Waals surface area contributed by atoms with Crippen LogP contribution >= 0.6 is 0 Å². The molecule has 0 aliphatic carbocycles. The largest absolute Gasteiger partial charge is 0.357 e. The Balaban J connectivity index is 2.17. The molecule has 7 nitrogen and oxygen atoms in total. The average Bonchev–Trinajstić information content (AvgIpc) is 2.76. The summed E-state index contributed by atoms with van der Waals surface area (Å²) in [5, 5.41) is 2.45. The Bertz CT molecular complexity index is 1110. The minimum Gasteiger partial charge on any atom is -0.357 e. The summed E-state index contributed by atoms with van der Waals surface area (Å²) in [6, 6.07) is 7.65. The molecule has 0 aromatic heterocycles. The summed E-state index contributed by atoms with van der Waals surface area (Å²) >= 11 is 0. The number of halogens is 3. The van der Waals surface area contributed by atoms with Gasteiger partial charge in [0, 0.05) is 38.2 Å². The van der Waals surface area contributed by atoms with E-state index in [4.69, 9.17) is 0 Å². The number of rotatable bonds is 10. The van der Waals surface area contributed by atoms with Gasteiger partial charge in [0.05, 0.1) is 11.9 Å². The number of likely N-dealkylation sites (N-methyl/N-ethyl adjacent to an activating group) is 1. The van der Waals surface area contributed by atoms with Gasteiger partial charge in [0.1, 0.15) is 11.9 Å². The van der Waals surface area contributed by atoms with Crippen LogP contribution in [0, 0.1) is 17.5 Å². The molecule has 0 saturated carbocycles. The summed E-state index contributed by atoms with van der Waals surface area (Å²) in [5.74, 6) is -3.78. The van der Waals surface area contributed by atoms with Crippen molar-refractivity contribution in [3.63, 3.8) is 0 Å². The smallest absolute Gasteiger partial charge is 0.242 e. The fourth-order valence-electron chi connectivity index (χ4n) is 3.25. The molecule has 0 aliphatic rings. The fourth-order valence-corrected chi connectivity index (χ4v) is 4.20. The summed E-state index contributed by atoms with van der Waals surface area (Å²) in [4.78, 5) is 26.3. The number of anilines is 1. The van der Waals surface area contributed by atoms with Gasteiger partial charge in [-0.15, -0.1) is 0 Å². The maximum Gasteiger partial charge on any atom is 0.242 e. The van der Waals surface area contributed by atoms with Gasteiger partial charge in [-0.05, 0) is 31.5 Å². The molecular formula is C22H26F3N3O4S. The number of amides is 2. The first-order valence-corrected chi connectivity index (χ1v) is 12.0. The lowest BCUT2D eigenvalue weighted by molar-refractivity contribution is -0.140. The first-order valence-electron chi connectivity index (χ1n) is 10.1. The molecule has 33 heavy (non-hydrogen) atoms. The number of sulfonamides is 1. The third-order valence-electron chi connectivity index (χ3n) is 5.06. The molecule has 0 heterocycles. The van der Waals surface area contributed by atoms with Gasteiger partial charge in [-0.25, -0.2) is 21.6 Å². The van der Waals surface area contributed by atoms with Crippen molar-refractivity contribution < 1.29 is 31.2 Å². The van der Waals surface area contributed by atoms with Crippen LogP contribution in [0.3, 0.4) is 0 Å². The van der Waals surface area contributed by atoms with E-state index in [1.54, 1.807) is 6.07 Å². The van der Waals surface area contributed by atoms with Gasteiger partial charge in [-0.1, -0.05) is 18.2 Å². The van der Waals surface area contributed by atoms with E-state index < -0.39 is 45.3 Å². The molecule has 0 bridgehead atoms. The van der Waals surface area contributed by atoms with Crippen LogP contribution in [0.15, 0.2) is 42.5 Å². The highest BCUT2D eigenvalue weighted by atomic mass is 32.2. The van der Waals surface area contributed by atoms with Crippen LogP contribution in [-0.4, -0.2) is 51.0 Å². The highest BCUT2D eigenvalue weighted by Gasteiger charge is 2.27. The van der Waals surface area contributed by atoms with Crippen molar-refractivity contribution in [2.45, 2.75) is 32.4 Å². The third-order valence-corrected chi connectivity index (χ3v) is 6.25. The molecular weight excluding hydrogens is 459 g/mol. The summed E-state index contributed by atoms with van der Waals surface area (Å²) in [5.41, 5.74) is 0.145. The van der Waals surface area contributed by atoms with Crippen molar-refractivity contribution >= 4 is 27.5 Å². The second-order valence-electron chi connectivity index (χ2n) is 7.44. The molecule has 2 aromatic carbocycles. The summed E-state index contributed by atoms with van der Waals surface area (Å²) < 4.78 is 66.2. The molecule has 0 spiro atoms. The molecule has 1 N–H and O–H groups in total. The maximum absolute atomic E-state index is 14.1. The van der Waals surface area contributed by atoms with E-state index in [1.807, 2.05) is 0 Å². The zero-order chi connectivity index (χ0) is 24.8. The van der Waals surface area contributed by atoms with E-state index in [0.717, 1.165) is 28.8 Å². The van der Waals surface area contributed by atoms with Gasteiger partial charge in [-0.2, -0.15) is 0 Å². The van der Waals surface area contributed by atoms with Crippen LogP contribution in [0.25, 0.3) is 0 Å². The molecule has 180 valence electrons. The Hall–Kier alpha value is -3.08. The Morgan fingerprint density at radius 2 is 1.70 bits per heavy atom. The van der Waals surface area contributed by atoms with Crippen LogP contribution < -0.4 is 9.62 Å². The number of carbonyl (C=O) groups excluding carboxylic acids is 2. The Morgan fingerprint density at radius 3 is 2.27 bits per heavy atom. The topological polar surface area (TPSA) is 86.8 Å². The number of nitrogens with zero attached hydrogens (tertiary/aromatic N) is 2. The van der Waals surface area contributed by atoms with Gasteiger partial charge in [0.15, 0.2) is 11.6 Å². The van der Waals surface area contributed by atoms with Crippen LogP contribution in [-0.2, 0) is 26.2 Å².